The van der Waals surface area contributed by atoms with E-state index < -0.39 is 18.0 Å². The van der Waals surface area contributed by atoms with Crippen molar-refractivity contribution in [3.05, 3.63) is 0 Å². The van der Waals surface area contributed by atoms with Gasteiger partial charge in [0, 0.05) is 6.04 Å². The number of hydrogen-bond donors (Lipinski definition) is 3. The summed E-state index contributed by atoms with van der Waals surface area (Å²) in [6, 6.07) is -1.10. The van der Waals surface area contributed by atoms with Crippen LogP contribution in [0.4, 0.5) is 4.79 Å². The summed E-state index contributed by atoms with van der Waals surface area (Å²) in [6.45, 7) is 5.67. The van der Waals surface area contributed by atoms with E-state index in [4.69, 9.17) is 5.11 Å². The van der Waals surface area contributed by atoms with Crippen LogP contribution in [0.5, 0.6) is 0 Å². The molecule has 2 amide bonds. The van der Waals surface area contributed by atoms with Crippen molar-refractivity contribution in [3.8, 4) is 0 Å². The van der Waals surface area contributed by atoms with Gasteiger partial charge < -0.3 is 15.7 Å². The van der Waals surface area contributed by atoms with E-state index in [-0.39, 0.29) is 6.04 Å². The van der Waals surface area contributed by atoms with E-state index in [1.165, 1.54) is 0 Å². The maximum atomic E-state index is 11.4. The van der Waals surface area contributed by atoms with Gasteiger partial charge in [-0.1, -0.05) is 20.8 Å². The summed E-state index contributed by atoms with van der Waals surface area (Å²) in [7, 11) is 0. The van der Waals surface area contributed by atoms with Gasteiger partial charge in [0.1, 0.15) is 6.04 Å². The predicted octanol–water partition coefficient (Wildman–Crippen LogP) is 1.34. The molecule has 0 heterocycles. The third-order valence-electron chi connectivity index (χ3n) is 2.33. The van der Waals surface area contributed by atoms with Crippen molar-refractivity contribution in [1.82, 2.24) is 10.6 Å². The average molecular weight is 216 g/mol. The average Bonchev–Trinajstić information content (AvgIpc) is 2.22. The van der Waals surface area contributed by atoms with Gasteiger partial charge in [0.2, 0.25) is 0 Å². The quantitative estimate of drug-likeness (QED) is 0.627. The fourth-order valence-corrected chi connectivity index (χ4v) is 1.22. The van der Waals surface area contributed by atoms with Crippen molar-refractivity contribution in [1.29, 1.82) is 0 Å². The number of hydrogen-bond acceptors (Lipinski definition) is 2. The fourth-order valence-electron chi connectivity index (χ4n) is 1.22. The summed E-state index contributed by atoms with van der Waals surface area (Å²) in [5, 5.41) is 13.9. The largest absolute Gasteiger partial charge is 0.480 e. The second-order valence-electron chi connectivity index (χ2n) is 3.43. The van der Waals surface area contributed by atoms with E-state index in [0.717, 1.165) is 12.8 Å². The number of urea groups is 1. The molecule has 0 spiro atoms. The Labute approximate surface area is 90.2 Å². The highest BCUT2D eigenvalue weighted by Crippen LogP contribution is 1.96. The van der Waals surface area contributed by atoms with E-state index in [2.05, 4.69) is 10.6 Å². The number of carbonyl (C=O) groups is 2. The van der Waals surface area contributed by atoms with Gasteiger partial charge in [0.25, 0.3) is 0 Å². The van der Waals surface area contributed by atoms with Gasteiger partial charge in [-0.25, -0.2) is 9.59 Å². The first-order chi connectivity index (χ1) is 7.04. The zero-order valence-corrected chi connectivity index (χ0v) is 9.54. The number of amides is 2. The van der Waals surface area contributed by atoms with E-state index in [9.17, 15) is 9.59 Å². The fraction of sp³-hybridized carbons (Fsp3) is 0.800. The number of aliphatic carboxylic acids is 1. The molecule has 0 radical (unpaired) electrons. The number of carboxylic acids is 1. The molecular weight excluding hydrogens is 196 g/mol. The minimum absolute atomic E-state index is 0.108. The molecule has 0 aromatic carbocycles. The molecule has 1 atom stereocenters. The monoisotopic (exact) mass is 216 g/mol. The highest BCUT2D eigenvalue weighted by molar-refractivity contribution is 5.82. The van der Waals surface area contributed by atoms with Gasteiger partial charge >= 0.3 is 12.0 Å². The van der Waals surface area contributed by atoms with Crippen molar-refractivity contribution in [3.63, 3.8) is 0 Å². The molecule has 5 nitrogen and oxygen atoms in total. The molecule has 0 aliphatic carbocycles. The van der Waals surface area contributed by atoms with Crippen LogP contribution in [-0.2, 0) is 4.79 Å². The SMILES string of the molecule is CCC(CC)NC(=O)N[C@@H](CC)C(=O)O. The Morgan fingerprint density at radius 2 is 1.60 bits per heavy atom. The molecule has 3 N–H and O–H groups in total. The van der Waals surface area contributed by atoms with Crippen LogP contribution in [0.2, 0.25) is 0 Å². The molecule has 88 valence electrons. The molecule has 5 heteroatoms. The lowest BCUT2D eigenvalue weighted by atomic mass is 10.2. The Bertz CT molecular complexity index is 215. The number of carbonyl (C=O) groups excluding carboxylic acids is 1. The first-order valence-electron chi connectivity index (χ1n) is 5.34. The standard InChI is InChI=1S/C10H20N2O3/c1-4-7(5-2)11-10(15)12-8(6-3)9(13)14/h7-8H,4-6H2,1-3H3,(H,13,14)(H2,11,12,15)/t8-/m0/s1. The predicted molar refractivity (Wildman–Crippen MR) is 57.8 cm³/mol. The van der Waals surface area contributed by atoms with Crippen molar-refractivity contribution in [2.24, 2.45) is 0 Å². The van der Waals surface area contributed by atoms with Gasteiger partial charge in [-0.05, 0) is 19.3 Å². The molecule has 0 aromatic heterocycles. The smallest absolute Gasteiger partial charge is 0.326 e. The molecular formula is C10H20N2O3. The summed E-state index contributed by atoms with van der Waals surface area (Å²) in [6.07, 6.45) is 2.06. The van der Waals surface area contributed by atoms with Gasteiger partial charge in [-0.15, -0.1) is 0 Å². The highest BCUT2D eigenvalue weighted by atomic mass is 16.4. The molecule has 0 unspecified atom stereocenters. The number of rotatable bonds is 6. The maximum Gasteiger partial charge on any atom is 0.326 e. The second-order valence-corrected chi connectivity index (χ2v) is 3.43. The first-order valence-corrected chi connectivity index (χ1v) is 5.34. The molecule has 0 aliphatic heterocycles. The van der Waals surface area contributed by atoms with E-state index in [0.29, 0.717) is 6.42 Å². The van der Waals surface area contributed by atoms with E-state index in [1.54, 1.807) is 6.92 Å². The van der Waals surface area contributed by atoms with Crippen molar-refractivity contribution in [2.45, 2.75) is 52.1 Å². The maximum absolute atomic E-state index is 11.4. The van der Waals surface area contributed by atoms with Gasteiger partial charge in [-0.3, -0.25) is 0 Å². The van der Waals surface area contributed by atoms with Gasteiger partial charge in [0.15, 0.2) is 0 Å². The molecule has 0 saturated heterocycles. The lowest BCUT2D eigenvalue weighted by molar-refractivity contribution is -0.139. The lowest BCUT2D eigenvalue weighted by Gasteiger charge is -2.18. The van der Waals surface area contributed by atoms with Crippen LogP contribution in [0.1, 0.15) is 40.0 Å². The second kappa shape index (κ2) is 7.09. The Morgan fingerprint density at radius 1 is 1.07 bits per heavy atom. The molecule has 0 rings (SSSR count). The van der Waals surface area contributed by atoms with Crippen molar-refractivity contribution >= 4 is 12.0 Å². The first kappa shape index (κ1) is 13.7. The lowest BCUT2D eigenvalue weighted by Crippen LogP contribution is -2.48. The molecule has 0 fully saturated rings. The number of carboxylic acid groups (broad SMARTS) is 1. The Hall–Kier alpha value is -1.26. The van der Waals surface area contributed by atoms with Crippen LogP contribution in [-0.4, -0.2) is 29.2 Å². The van der Waals surface area contributed by atoms with E-state index >= 15 is 0 Å². The normalized spacial score (nSPS) is 12.3. The van der Waals surface area contributed by atoms with Crippen LogP contribution >= 0.6 is 0 Å². The molecule has 0 saturated carbocycles. The van der Waals surface area contributed by atoms with Crippen LogP contribution in [0, 0.1) is 0 Å². The molecule has 15 heavy (non-hydrogen) atoms. The summed E-state index contributed by atoms with van der Waals surface area (Å²) in [5.74, 6) is -1.00. The van der Waals surface area contributed by atoms with Gasteiger partial charge in [-0.2, -0.15) is 0 Å². The third-order valence-corrected chi connectivity index (χ3v) is 2.33. The van der Waals surface area contributed by atoms with Crippen molar-refractivity contribution < 1.29 is 14.7 Å². The van der Waals surface area contributed by atoms with Crippen LogP contribution in [0.25, 0.3) is 0 Å². The number of nitrogens with one attached hydrogen (secondary N) is 2. The molecule has 0 bridgehead atoms. The summed E-state index contributed by atoms with van der Waals surface area (Å²) in [5.41, 5.74) is 0. The summed E-state index contributed by atoms with van der Waals surface area (Å²) >= 11 is 0. The van der Waals surface area contributed by atoms with E-state index in [1.807, 2.05) is 13.8 Å². The summed E-state index contributed by atoms with van der Waals surface area (Å²) < 4.78 is 0. The summed E-state index contributed by atoms with van der Waals surface area (Å²) in [4.78, 5) is 22.0. The van der Waals surface area contributed by atoms with Crippen molar-refractivity contribution in [2.75, 3.05) is 0 Å². The zero-order chi connectivity index (χ0) is 11.8. The Morgan fingerprint density at radius 3 is 1.93 bits per heavy atom. The molecule has 0 aromatic rings. The van der Waals surface area contributed by atoms with Crippen LogP contribution in [0.15, 0.2) is 0 Å². The molecule has 0 aliphatic rings. The van der Waals surface area contributed by atoms with Gasteiger partial charge in [0.05, 0.1) is 0 Å². The van der Waals surface area contributed by atoms with Crippen LogP contribution < -0.4 is 10.6 Å². The zero-order valence-electron chi connectivity index (χ0n) is 9.54. The minimum Gasteiger partial charge on any atom is -0.480 e. The minimum atomic E-state index is -1.00. The highest BCUT2D eigenvalue weighted by Gasteiger charge is 2.18. The topological polar surface area (TPSA) is 78.4 Å². The third kappa shape index (κ3) is 5.24. The Balaban J connectivity index is 4.06. The Kier molecular flexibility index (Phi) is 6.49. The van der Waals surface area contributed by atoms with Crippen LogP contribution in [0.3, 0.4) is 0 Å².